The first kappa shape index (κ1) is 13.2. The maximum Gasteiger partial charge on any atom is 0.303 e. The molecule has 1 atom stereocenters. The zero-order valence-electron chi connectivity index (χ0n) is 9.72. The number of nitrogens with zero attached hydrogens (tertiary/aromatic N) is 1. The number of carbonyl (C=O) groups is 2. The predicted octanol–water partition coefficient (Wildman–Crippen LogP) is 1.20. The van der Waals surface area contributed by atoms with Crippen molar-refractivity contribution in [3.05, 3.63) is 30.1 Å². The molecule has 1 rings (SSSR count). The van der Waals surface area contributed by atoms with Crippen LogP contribution in [-0.2, 0) is 16.1 Å². The first-order valence-corrected chi connectivity index (χ1v) is 5.49. The number of carbonyl (C=O) groups excluding carboxylic acids is 1. The average Bonchev–Trinajstić information content (AvgIpc) is 2.34. The lowest BCUT2D eigenvalue weighted by molar-refractivity contribution is -0.137. The second-order valence-electron chi connectivity index (χ2n) is 3.87. The molecular formula is C12H16N2O3. The van der Waals surface area contributed by atoms with Crippen molar-refractivity contribution in [3.8, 4) is 0 Å². The third-order valence-electron chi connectivity index (χ3n) is 2.41. The van der Waals surface area contributed by atoms with Crippen molar-refractivity contribution in [3.63, 3.8) is 0 Å². The number of carboxylic acids is 1. The van der Waals surface area contributed by atoms with Gasteiger partial charge in [-0.2, -0.15) is 0 Å². The summed E-state index contributed by atoms with van der Waals surface area (Å²) in [7, 11) is 0. The van der Waals surface area contributed by atoms with Gasteiger partial charge in [0.2, 0.25) is 5.91 Å². The van der Waals surface area contributed by atoms with Gasteiger partial charge >= 0.3 is 5.97 Å². The highest BCUT2D eigenvalue weighted by Crippen LogP contribution is 2.05. The number of amides is 1. The first-order valence-electron chi connectivity index (χ1n) is 5.49. The number of nitrogens with one attached hydrogen (secondary N) is 1. The molecule has 2 N–H and O–H groups in total. The fourth-order valence-electron chi connectivity index (χ4n) is 1.33. The Morgan fingerprint density at radius 3 is 2.82 bits per heavy atom. The van der Waals surface area contributed by atoms with Gasteiger partial charge in [-0.1, -0.05) is 13.0 Å². The van der Waals surface area contributed by atoms with E-state index in [2.05, 4.69) is 10.3 Å². The summed E-state index contributed by atoms with van der Waals surface area (Å²) in [4.78, 5) is 26.0. The summed E-state index contributed by atoms with van der Waals surface area (Å²) < 4.78 is 0. The molecule has 5 heteroatoms. The van der Waals surface area contributed by atoms with Crippen LogP contribution < -0.4 is 5.32 Å². The third-order valence-corrected chi connectivity index (χ3v) is 2.41. The zero-order chi connectivity index (χ0) is 12.7. The van der Waals surface area contributed by atoms with Crippen LogP contribution in [0.15, 0.2) is 24.4 Å². The lowest BCUT2D eigenvalue weighted by atomic mass is 10.1. The highest BCUT2D eigenvalue weighted by molar-refractivity contribution is 5.78. The Hall–Kier alpha value is -1.91. The summed E-state index contributed by atoms with van der Waals surface area (Å²) in [5.74, 6) is -1.32. The van der Waals surface area contributed by atoms with Crippen LogP contribution in [0.4, 0.5) is 0 Å². The van der Waals surface area contributed by atoms with Gasteiger partial charge in [-0.05, 0) is 18.6 Å². The van der Waals surface area contributed by atoms with Gasteiger partial charge in [-0.3, -0.25) is 14.6 Å². The molecule has 0 aromatic carbocycles. The SMILES string of the molecule is CC(CCC(=O)O)C(=O)NCc1ccccn1. The molecular weight excluding hydrogens is 220 g/mol. The number of pyridine rings is 1. The summed E-state index contributed by atoms with van der Waals surface area (Å²) in [5.41, 5.74) is 0.784. The fraction of sp³-hybridized carbons (Fsp3) is 0.417. The van der Waals surface area contributed by atoms with Crippen LogP contribution in [-0.4, -0.2) is 22.0 Å². The number of rotatable bonds is 6. The maximum absolute atomic E-state index is 11.6. The van der Waals surface area contributed by atoms with Crippen molar-refractivity contribution < 1.29 is 14.7 Å². The smallest absolute Gasteiger partial charge is 0.303 e. The van der Waals surface area contributed by atoms with Crippen molar-refractivity contribution in [2.24, 2.45) is 5.92 Å². The van der Waals surface area contributed by atoms with E-state index in [1.54, 1.807) is 19.2 Å². The van der Waals surface area contributed by atoms with Crippen LogP contribution in [0.25, 0.3) is 0 Å². The van der Waals surface area contributed by atoms with E-state index in [1.165, 1.54) is 0 Å². The average molecular weight is 236 g/mol. The normalized spacial score (nSPS) is 11.8. The molecule has 0 bridgehead atoms. The lowest BCUT2D eigenvalue weighted by Crippen LogP contribution is -2.29. The molecule has 0 aliphatic carbocycles. The first-order chi connectivity index (χ1) is 8.09. The largest absolute Gasteiger partial charge is 0.481 e. The second-order valence-corrected chi connectivity index (χ2v) is 3.87. The zero-order valence-corrected chi connectivity index (χ0v) is 9.72. The van der Waals surface area contributed by atoms with Crippen LogP contribution in [0.2, 0.25) is 0 Å². The van der Waals surface area contributed by atoms with Gasteiger partial charge in [0.05, 0.1) is 12.2 Å². The van der Waals surface area contributed by atoms with E-state index in [-0.39, 0.29) is 18.2 Å². The van der Waals surface area contributed by atoms with Gasteiger partial charge < -0.3 is 10.4 Å². The molecule has 0 saturated carbocycles. The fourth-order valence-corrected chi connectivity index (χ4v) is 1.33. The number of hydrogen-bond donors (Lipinski definition) is 2. The Morgan fingerprint density at radius 2 is 2.24 bits per heavy atom. The predicted molar refractivity (Wildman–Crippen MR) is 62.1 cm³/mol. The van der Waals surface area contributed by atoms with Gasteiger partial charge in [0.25, 0.3) is 0 Å². The topological polar surface area (TPSA) is 79.3 Å². The van der Waals surface area contributed by atoms with E-state index < -0.39 is 5.97 Å². The quantitative estimate of drug-likeness (QED) is 0.777. The van der Waals surface area contributed by atoms with Gasteiger partial charge in [0.1, 0.15) is 0 Å². The van der Waals surface area contributed by atoms with Crippen molar-refractivity contribution in [2.75, 3.05) is 0 Å². The minimum absolute atomic E-state index is 0.0121. The molecule has 92 valence electrons. The summed E-state index contributed by atoms with van der Waals surface area (Å²) in [6, 6.07) is 5.48. The second kappa shape index (κ2) is 6.62. The van der Waals surface area contributed by atoms with Crippen LogP contribution in [0.3, 0.4) is 0 Å². The molecule has 0 radical (unpaired) electrons. The van der Waals surface area contributed by atoms with Crippen LogP contribution in [0, 0.1) is 5.92 Å². The lowest BCUT2D eigenvalue weighted by Gasteiger charge is -2.10. The maximum atomic E-state index is 11.6. The van der Waals surface area contributed by atoms with Crippen molar-refractivity contribution in [1.82, 2.24) is 10.3 Å². The van der Waals surface area contributed by atoms with E-state index in [1.807, 2.05) is 12.1 Å². The molecule has 1 amide bonds. The Kier molecular flexibility index (Phi) is 5.13. The molecule has 0 fully saturated rings. The summed E-state index contributed by atoms with van der Waals surface area (Å²) in [6.45, 7) is 2.09. The van der Waals surface area contributed by atoms with Crippen LogP contribution in [0.1, 0.15) is 25.5 Å². The van der Waals surface area contributed by atoms with Gasteiger partial charge in [-0.15, -0.1) is 0 Å². The highest BCUT2D eigenvalue weighted by atomic mass is 16.4. The highest BCUT2D eigenvalue weighted by Gasteiger charge is 2.13. The minimum Gasteiger partial charge on any atom is -0.481 e. The van der Waals surface area contributed by atoms with Gasteiger partial charge in [0.15, 0.2) is 0 Å². The van der Waals surface area contributed by atoms with Crippen molar-refractivity contribution in [2.45, 2.75) is 26.3 Å². The standard InChI is InChI=1S/C12H16N2O3/c1-9(5-6-11(15)16)12(17)14-8-10-4-2-3-7-13-10/h2-4,7,9H,5-6,8H2,1H3,(H,14,17)(H,15,16). The molecule has 0 saturated heterocycles. The molecule has 0 spiro atoms. The number of carboxylic acid groups (broad SMARTS) is 1. The van der Waals surface area contributed by atoms with E-state index in [9.17, 15) is 9.59 Å². The van der Waals surface area contributed by atoms with Gasteiger partial charge in [0, 0.05) is 18.5 Å². The molecule has 1 aromatic heterocycles. The summed E-state index contributed by atoms with van der Waals surface area (Å²) in [6.07, 6.45) is 2.02. The molecule has 1 aromatic rings. The van der Waals surface area contributed by atoms with E-state index in [0.717, 1.165) is 5.69 Å². The minimum atomic E-state index is -0.880. The van der Waals surface area contributed by atoms with Crippen molar-refractivity contribution >= 4 is 11.9 Å². The monoisotopic (exact) mass is 236 g/mol. The Balaban J connectivity index is 2.32. The summed E-state index contributed by atoms with van der Waals surface area (Å²) >= 11 is 0. The number of hydrogen-bond acceptors (Lipinski definition) is 3. The number of aliphatic carboxylic acids is 1. The van der Waals surface area contributed by atoms with E-state index in [4.69, 9.17) is 5.11 Å². The molecule has 0 aliphatic rings. The van der Waals surface area contributed by atoms with Crippen LogP contribution in [0.5, 0.6) is 0 Å². The number of aromatic nitrogens is 1. The molecule has 0 aliphatic heterocycles. The Bertz CT molecular complexity index is 379. The summed E-state index contributed by atoms with van der Waals surface area (Å²) in [5, 5.41) is 11.2. The molecule has 1 heterocycles. The molecule has 17 heavy (non-hydrogen) atoms. The Morgan fingerprint density at radius 1 is 1.47 bits per heavy atom. The van der Waals surface area contributed by atoms with Crippen molar-refractivity contribution in [1.29, 1.82) is 0 Å². The molecule has 1 unspecified atom stereocenters. The van der Waals surface area contributed by atoms with E-state index >= 15 is 0 Å². The third kappa shape index (κ3) is 5.10. The Labute approximate surface area is 99.9 Å². The van der Waals surface area contributed by atoms with Crippen LogP contribution >= 0.6 is 0 Å². The molecule has 5 nitrogen and oxygen atoms in total. The van der Waals surface area contributed by atoms with Gasteiger partial charge in [-0.25, -0.2) is 0 Å². The van der Waals surface area contributed by atoms with E-state index in [0.29, 0.717) is 13.0 Å².